The van der Waals surface area contributed by atoms with E-state index in [1.54, 1.807) is 6.07 Å². The van der Waals surface area contributed by atoms with Crippen LogP contribution in [0.25, 0.3) is 0 Å². The third-order valence-corrected chi connectivity index (χ3v) is 3.15. The molecule has 0 bridgehead atoms. The fourth-order valence-electron chi connectivity index (χ4n) is 2.15. The zero-order valence-electron chi connectivity index (χ0n) is 15.5. The van der Waals surface area contributed by atoms with Crippen LogP contribution in [0.3, 0.4) is 0 Å². The molecule has 1 aliphatic heterocycles. The number of aryl methyl sites for hydroxylation is 1. The molecule has 1 aromatic carbocycles. The molecule has 1 saturated heterocycles. The van der Waals surface area contributed by atoms with Gasteiger partial charge in [-0.25, -0.2) is 4.39 Å². The first-order chi connectivity index (χ1) is 11.2. The van der Waals surface area contributed by atoms with Crippen LogP contribution in [0, 0.1) is 12.7 Å². The van der Waals surface area contributed by atoms with Crippen molar-refractivity contribution in [2.75, 3.05) is 44.7 Å². The quantitative estimate of drug-likeness (QED) is 0.866. The minimum Gasteiger partial charge on any atom is -0.400 e. The lowest BCUT2D eigenvalue weighted by molar-refractivity contribution is -0.108. The van der Waals surface area contributed by atoms with Crippen molar-refractivity contribution < 1.29 is 14.3 Å². The molecule has 23 heavy (non-hydrogen) atoms. The average molecular weight is 328 g/mol. The molecule has 5 heteroatoms. The number of carbonyl (C=O) groups is 1. The van der Waals surface area contributed by atoms with Crippen LogP contribution in [0.1, 0.15) is 33.3 Å². The lowest BCUT2D eigenvalue weighted by Crippen LogP contribution is -2.47. The number of carbonyl (C=O) groups excluding carboxylic acids is 1. The van der Waals surface area contributed by atoms with Crippen molar-refractivity contribution in [1.29, 1.82) is 0 Å². The van der Waals surface area contributed by atoms with Crippen LogP contribution in [-0.2, 0) is 4.79 Å². The summed E-state index contributed by atoms with van der Waals surface area (Å²) in [4.78, 5) is 14.5. The molecule has 0 spiro atoms. The van der Waals surface area contributed by atoms with Gasteiger partial charge < -0.3 is 14.8 Å². The van der Waals surface area contributed by atoms with Gasteiger partial charge in [0, 0.05) is 33.3 Å². The number of aliphatic hydroxyl groups is 1. The Morgan fingerprint density at radius 3 is 2.04 bits per heavy atom. The summed E-state index contributed by atoms with van der Waals surface area (Å²) in [7, 11) is 1.00. The van der Waals surface area contributed by atoms with Crippen molar-refractivity contribution in [3.63, 3.8) is 0 Å². The molecule has 0 saturated carbocycles. The first-order valence-corrected chi connectivity index (χ1v) is 8.32. The van der Waals surface area contributed by atoms with Gasteiger partial charge in [-0.15, -0.1) is 0 Å². The highest BCUT2D eigenvalue weighted by Gasteiger charge is 2.18. The van der Waals surface area contributed by atoms with Crippen LogP contribution < -0.4 is 4.90 Å². The Morgan fingerprint density at radius 1 is 1.09 bits per heavy atom. The second-order valence-electron chi connectivity index (χ2n) is 4.41. The highest BCUT2D eigenvalue weighted by Crippen LogP contribution is 2.21. The maximum atomic E-state index is 13.8. The molecule has 1 N–H and O–H groups in total. The predicted molar refractivity (Wildman–Crippen MR) is 96.7 cm³/mol. The van der Waals surface area contributed by atoms with Crippen molar-refractivity contribution >= 4 is 12.0 Å². The lowest BCUT2D eigenvalue weighted by atomic mass is 10.2. The first kappa shape index (κ1) is 23.8. The Balaban J connectivity index is 0. The summed E-state index contributed by atoms with van der Waals surface area (Å²) in [6.45, 7) is 13.5. The molecule has 4 nitrogen and oxygen atoms in total. The smallest absolute Gasteiger partial charge is 0.146 e. The number of aldehydes is 1. The monoisotopic (exact) mass is 328 g/mol. The van der Waals surface area contributed by atoms with Crippen LogP contribution in [0.5, 0.6) is 0 Å². The van der Waals surface area contributed by atoms with Gasteiger partial charge in [-0.3, -0.25) is 4.90 Å². The van der Waals surface area contributed by atoms with E-state index in [1.807, 2.05) is 51.7 Å². The molecule has 1 aliphatic rings. The highest BCUT2D eigenvalue weighted by molar-refractivity contribution is 5.53. The van der Waals surface area contributed by atoms with Gasteiger partial charge in [0.25, 0.3) is 0 Å². The molecule has 1 heterocycles. The fraction of sp³-hybridized carbons (Fsp3) is 0.611. The minimum absolute atomic E-state index is 0.158. The van der Waals surface area contributed by atoms with Gasteiger partial charge in [-0.1, -0.05) is 33.8 Å². The Labute approximate surface area is 140 Å². The molecule has 0 aliphatic carbocycles. The second-order valence-corrected chi connectivity index (χ2v) is 4.41. The highest BCUT2D eigenvalue weighted by atomic mass is 19.1. The van der Waals surface area contributed by atoms with E-state index < -0.39 is 0 Å². The first-order valence-electron chi connectivity index (χ1n) is 8.32. The number of aliphatic hydroxyl groups excluding tert-OH is 1. The lowest BCUT2D eigenvalue weighted by Gasteiger charge is -2.35. The normalized spacial score (nSPS) is 13.5. The van der Waals surface area contributed by atoms with Crippen molar-refractivity contribution in [2.24, 2.45) is 0 Å². The van der Waals surface area contributed by atoms with E-state index in [-0.39, 0.29) is 5.82 Å². The van der Waals surface area contributed by atoms with Gasteiger partial charge in [0.05, 0.1) is 12.2 Å². The van der Waals surface area contributed by atoms with Crippen LogP contribution in [-0.4, -0.2) is 56.1 Å². The third kappa shape index (κ3) is 8.67. The molecule has 0 atom stereocenters. The maximum absolute atomic E-state index is 13.8. The number of rotatable bonds is 3. The third-order valence-electron chi connectivity index (χ3n) is 3.15. The largest absolute Gasteiger partial charge is 0.400 e. The molecule has 2 rings (SSSR count). The van der Waals surface area contributed by atoms with E-state index in [0.717, 1.165) is 45.1 Å². The molecule has 1 fully saturated rings. The zero-order valence-corrected chi connectivity index (χ0v) is 15.5. The maximum Gasteiger partial charge on any atom is 0.146 e. The van der Waals surface area contributed by atoms with E-state index in [4.69, 9.17) is 5.11 Å². The summed E-state index contributed by atoms with van der Waals surface area (Å²) in [6.07, 6.45) is 0.919. The van der Waals surface area contributed by atoms with E-state index in [1.165, 1.54) is 0 Å². The van der Waals surface area contributed by atoms with Crippen molar-refractivity contribution in [3.05, 3.63) is 29.6 Å². The van der Waals surface area contributed by atoms with Gasteiger partial charge in [0.2, 0.25) is 0 Å². The van der Waals surface area contributed by atoms with Crippen molar-refractivity contribution in [2.45, 2.75) is 34.6 Å². The van der Waals surface area contributed by atoms with Gasteiger partial charge in [-0.05, 0) is 24.6 Å². The van der Waals surface area contributed by atoms with Crippen LogP contribution in [0.2, 0.25) is 0 Å². The van der Waals surface area contributed by atoms with Crippen LogP contribution in [0.15, 0.2) is 18.2 Å². The van der Waals surface area contributed by atoms with E-state index in [2.05, 4.69) is 4.90 Å². The van der Waals surface area contributed by atoms with Crippen LogP contribution in [0.4, 0.5) is 10.1 Å². The Hall–Kier alpha value is -1.46. The Bertz CT molecular complexity index is 406. The summed E-state index contributed by atoms with van der Waals surface area (Å²) < 4.78 is 13.8. The van der Waals surface area contributed by atoms with Gasteiger partial charge in [0.1, 0.15) is 12.1 Å². The van der Waals surface area contributed by atoms with Crippen molar-refractivity contribution in [3.8, 4) is 0 Å². The molecule has 0 amide bonds. The summed E-state index contributed by atoms with van der Waals surface area (Å²) >= 11 is 0. The Morgan fingerprint density at radius 2 is 1.61 bits per heavy atom. The number of piperazine rings is 1. The molecule has 1 aromatic rings. The van der Waals surface area contributed by atoms with E-state index in [0.29, 0.717) is 12.2 Å². The Kier molecular flexibility index (Phi) is 16.0. The molecular formula is C18H33FN2O2. The standard InChI is InChI=1S/C13H17FN2O.2C2H6.CH4O/c1-11-2-3-13(12(14)10-11)16-6-4-15(5-7-16)8-9-17;3*1-2/h2-3,9-10H,4-8H2,1H3;2*1-2H3;2H,1H3. The molecule has 134 valence electrons. The molecule has 0 unspecified atom stereocenters. The van der Waals surface area contributed by atoms with Crippen molar-refractivity contribution in [1.82, 2.24) is 4.90 Å². The summed E-state index contributed by atoms with van der Waals surface area (Å²) in [5, 5.41) is 7.00. The summed E-state index contributed by atoms with van der Waals surface area (Å²) in [5.41, 5.74) is 1.60. The topological polar surface area (TPSA) is 43.8 Å². The summed E-state index contributed by atoms with van der Waals surface area (Å²) in [6, 6.07) is 5.32. The van der Waals surface area contributed by atoms with Gasteiger partial charge in [0.15, 0.2) is 0 Å². The predicted octanol–water partition coefficient (Wildman–Crippen LogP) is 3.12. The number of nitrogens with zero attached hydrogens (tertiary/aromatic N) is 2. The molecule has 0 radical (unpaired) electrons. The number of hydrogen-bond acceptors (Lipinski definition) is 4. The van der Waals surface area contributed by atoms with Gasteiger partial charge >= 0.3 is 0 Å². The average Bonchev–Trinajstić information content (AvgIpc) is 2.61. The zero-order chi connectivity index (χ0) is 18.3. The number of anilines is 1. The molecule has 0 aromatic heterocycles. The number of hydrogen-bond donors (Lipinski definition) is 1. The van der Waals surface area contributed by atoms with Gasteiger partial charge in [-0.2, -0.15) is 0 Å². The SMILES string of the molecule is CC.CC.CO.Cc1ccc(N2CCN(CC=O)CC2)c(F)c1. The number of benzene rings is 1. The fourth-order valence-corrected chi connectivity index (χ4v) is 2.15. The number of halogens is 1. The molecular weight excluding hydrogens is 295 g/mol. The van der Waals surface area contributed by atoms with Crippen LogP contribution >= 0.6 is 0 Å². The minimum atomic E-state index is -0.158. The van der Waals surface area contributed by atoms with E-state index in [9.17, 15) is 9.18 Å². The van der Waals surface area contributed by atoms with E-state index >= 15 is 0 Å². The second kappa shape index (κ2) is 15.4. The summed E-state index contributed by atoms with van der Waals surface area (Å²) in [5.74, 6) is -0.158.